The van der Waals surface area contributed by atoms with Gasteiger partial charge in [0.25, 0.3) is 0 Å². The Balaban J connectivity index is 3.10. The van der Waals surface area contributed by atoms with E-state index < -0.39 is 0 Å². The van der Waals surface area contributed by atoms with Crippen LogP contribution in [-0.4, -0.2) is 4.98 Å². The van der Waals surface area contributed by atoms with Gasteiger partial charge in [0.1, 0.15) is 10.3 Å². The molecule has 1 unspecified atom stereocenters. The smallest absolute Gasteiger partial charge is 0.246 e. The van der Waals surface area contributed by atoms with Crippen molar-refractivity contribution in [3.63, 3.8) is 0 Å². The average Bonchev–Trinajstić information content (AvgIpc) is 2.01. The highest BCUT2D eigenvalue weighted by Crippen LogP contribution is 2.22. The Labute approximate surface area is 81.0 Å². The van der Waals surface area contributed by atoms with Crippen LogP contribution in [0.1, 0.15) is 18.5 Å². The van der Waals surface area contributed by atoms with Gasteiger partial charge in [0.15, 0.2) is 0 Å². The molecule has 4 heteroatoms. The van der Waals surface area contributed by atoms with Gasteiger partial charge in [-0.05, 0) is 12.1 Å². The van der Waals surface area contributed by atoms with Gasteiger partial charge in [-0.2, -0.15) is 0 Å². The highest BCUT2D eigenvalue weighted by Gasteiger charge is 2.10. The van der Waals surface area contributed by atoms with Crippen molar-refractivity contribution in [3.8, 4) is 0 Å². The van der Waals surface area contributed by atoms with Gasteiger partial charge in [0.05, 0.1) is 0 Å². The SMILES string of the molecule is [C-]#[N+]C(C)c1cc(Cl)nc(Cl)c1. The second-order valence-corrected chi connectivity index (χ2v) is 3.13. The molecule has 2 nitrogen and oxygen atoms in total. The van der Waals surface area contributed by atoms with Crippen LogP contribution in [0.15, 0.2) is 12.1 Å². The fourth-order valence-electron chi connectivity index (χ4n) is 0.799. The van der Waals surface area contributed by atoms with E-state index in [1.54, 1.807) is 19.1 Å². The largest absolute Gasteiger partial charge is 0.309 e. The molecular weight excluding hydrogens is 195 g/mol. The third-order valence-corrected chi connectivity index (χ3v) is 1.85. The maximum Gasteiger partial charge on any atom is 0.246 e. The molecule has 1 rings (SSSR count). The Morgan fingerprint density at radius 1 is 1.42 bits per heavy atom. The number of nitrogens with zero attached hydrogens (tertiary/aromatic N) is 2. The zero-order valence-electron chi connectivity index (χ0n) is 6.38. The molecule has 0 radical (unpaired) electrons. The van der Waals surface area contributed by atoms with Crippen molar-refractivity contribution in [1.82, 2.24) is 4.98 Å². The molecule has 1 aromatic heterocycles. The third-order valence-electron chi connectivity index (χ3n) is 1.46. The highest BCUT2D eigenvalue weighted by atomic mass is 35.5. The standard InChI is InChI=1S/C8H6Cl2N2/c1-5(11-2)6-3-7(9)12-8(10)4-6/h3-5H,1H3. The zero-order valence-corrected chi connectivity index (χ0v) is 7.89. The molecule has 1 aromatic rings. The van der Waals surface area contributed by atoms with E-state index in [4.69, 9.17) is 29.8 Å². The van der Waals surface area contributed by atoms with E-state index in [1.807, 2.05) is 0 Å². The van der Waals surface area contributed by atoms with Gasteiger partial charge in [0, 0.05) is 12.5 Å². The Hall–Kier alpha value is -0.780. The van der Waals surface area contributed by atoms with E-state index in [9.17, 15) is 0 Å². The van der Waals surface area contributed by atoms with Crippen LogP contribution in [0.4, 0.5) is 0 Å². The molecule has 12 heavy (non-hydrogen) atoms. The number of halogens is 2. The summed E-state index contributed by atoms with van der Waals surface area (Å²) in [4.78, 5) is 7.12. The molecule has 0 fully saturated rings. The summed E-state index contributed by atoms with van der Waals surface area (Å²) >= 11 is 11.3. The van der Waals surface area contributed by atoms with Crippen molar-refractivity contribution in [2.45, 2.75) is 13.0 Å². The average molecular weight is 201 g/mol. The molecule has 0 amide bonds. The Morgan fingerprint density at radius 3 is 2.33 bits per heavy atom. The minimum absolute atomic E-state index is 0.219. The lowest BCUT2D eigenvalue weighted by Gasteiger charge is -1.99. The zero-order chi connectivity index (χ0) is 9.14. The van der Waals surface area contributed by atoms with E-state index in [0.29, 0.717) is 10.3 Å². The highest BCUT2D eigenvalue weighted by molar-refractivity contribution is 6.32. The third kappa shape index (κ3) is 2.10. The van der Waals surface area contributed by atoms with Gasteiger partial charge in [-0.15, -0.1) is 0 Å². The first-order valence-electron chi connectivity index (χ1n) is 3.33. The lowest BCUT2D eigenvalue weighted by atomic mass is 10.1. The number of hydrogen-bond donors (Lipinski definition) is 0. The van der Waals surface area contributed by atoms with E-state index in [1.165, 1.54) is 0 Å². The van der Waals surface area contributed by atoms with Crippen molar-refractivity contribution in [1.29, 1.82) is 0 Å². The molecular formula is C8H6Cl2N2. The maximum absolute atomic E-state index is 6.81. The van der Waals surface area contributed by atoms with Crippen molar-refractivity contribution < 1.29 is 0 Å². The first-order valence-corrected chi connectivity index (χ1v) is 4.08. The lowest BCUT2D eigenvalue weighted by Crippen LogP contribution is -1.88. The molecule has 0 aliphatic carbocycles. The number of rotatable bonds is 1. The van der Waals surface area contributed by atoms with Gasteiger partial charge in [-0.1, -0.05) is 23.2 Å². The predicted octanol–water partition coefficient (Wildman–Crippen LogP) is 3.37. The van der Waals surface area contributed by atoms with Crippen LogP contribution in [0.3, 0.4) is 0 Å². The Bertz CT molecular complexity index is 310. The van der Waals surface area contributed by atoms with Crippen LogP contribution >= 0.6 is 23.2 Å². The van der Waals surface area contributed by atoms with Gasteiger partial charge >= 0.3 is 0 Å². The minimum atomic E-state index is -0.219. The molecule has 0 aliphatic rings. The molecule has 0 spiro atoms. The topological polar surface area (TPSA) is 17.2 Å². The fourth-order valence-corrected chi connectivity index (χ4v) is 1.28. The van der Waals surface area contributed by atoms with Gasteiger partial charge in [-0.25, -0.2) is 11.6 Å². The van der Waals surface area contributed by atoms with Crippen molar-refractivity contribution in [3.05, 3.63) is 39.4 Å². The van der Waals surface area contributed by atoms with E-state index >= 15 is 0 Å². The Kier molecular flexibility index (Phi) is 2.91. The van der Waals surface area contributed by atoms with Crippen LogP contribution in [0.25, 0.3) is 4.85 Å². The van der Waals surface area contributed by atoms with Crippen molar-refractivity contribution >= 4 is 23.2 Å². The predicted molar refractivity (Wildman–Crippen MR) is 49.3 cm³/mol. The molecule has 1 atom stereocenters. The molecule has 62 valence electrons. The normalized spacial score (nSPS) is 12.2. The van der Waals surface area contributed by atoms with Crippen LogP contribution in [0, 0.1) is 6.57 Å². The summed E-state index contributed by atoms with van der Waals surface area (Å²) in [7, 11) is 0. The first-order chi connectivity index (χ1) is 5.63. The van der Waals surface area contributed by atoms with Gasteiger partial charge in [0.2, 0.25) is 6.04 Å². The minimum Gasteiger partial charge on any atom is -0.309 e. The van der Waals surface area contributed by atoms with Gasteiger partial charge in [-0.3, -0.25) is 0 Å². The van der Waals surface area contributed by atoms with Crippen molar-refractivity contribution in [2.75, 3.05) is 0 Å². The fraction of sp³-hybridized carbons (Fsp3) is 0.250. The Morgan fingerprint density at radius 2 is 1.92 bits per heavy atom. The van der Waals surface area contributed by atoms with Crippen LogP contribution < -0.4 is 0 Å². The maximum atomic E-state index is 6.81. The quantitative estimate of drug-likeness (QED) is 0.502. The molecule has 1 heterocycles. The second kappa shape index (κ2) is 3.75. The van der Waals surface area contributed by atoms with E-state index in [2.05, 4.69) is 9.83 Å². The lowest BCUT2D eigenvalue weighted by molar-refractivity contribution is 0.955. The summed E-state index contributed by atoms with van der Waals surface area (Å²) in [6, 6.07) is 3.08. The van der Waals surface area contributed by atoms with Crippen LogP contribution in [-0.2, 0) is 0 Å². The summed E-state index contributed by atoms with van der Waals surface area (Å²) in [5.41, 5.74) is 0.801. The number of aromatic nitrogens is 1. The van der Waals surface area contributed by atoms with Crippen LogP contribution in [0.2, 0.25) is 10.3 Å². The van der Waals surface area contributed by atoms with E-state index in [-0.39, 0.29) is 6.04 Å². The first kappa shape index (κ1) is 9.31. The summed E-state index contributed by atoms with van der Waals surface area (Å²) in [6.07, 6.45) is 0. The van der Waals surface area contributed by atoms with Gasteiger partial charge < -0.3 is 4.85 Å². The molecule has 0 bridgehead atoms. The summed E-state index contributed by atoms with van der Waals surface area (Å²) in [5.74, 6) is 0. The van der Waals surface area contributed by atoms with Crippen LogP contribution in [0.5, 0.6) is 0 Å². The van der Waals surface area contributed by atoms with Crippen molar-refractivity contribution in [2.24, 2.45) is 0 Å². The summed E-state index contributed by atoms with van der Waals surface area (Å²) in [5, 5.41) is 0.654. The van der Waals surface area contributed by atoms with E-state index in [0.717, 1.165) is 5.56 Å². The summed E-state index contributed by atoms with van der Waals surface area (Å²) < 4.78 is 0. The molecule has 0 N–H and O–H groups in total. The molecule has 0 saturated heterocycles. The number of pyridine rings is 1. The monoisotopic (exact) mass is 200 g/mol. The molecule has 0 aromatic carbocycles. The second-order valence-electron chi connectivity index (χ2n) is 2.35. The molecule has 0 aliphatic heterocycles. The summed E-state index contributed by atoms with van der Waals surface area (Å²) in [6.45, 7) is 8.59. The number of hydrogen-bond acceptors (Lipinski definition) is 1. The molecule has 0 saturated carbocycles.